The highest BCUT2D eigenvalue weighted by Crippen LogP contribution is 2.30. The molecule has 0 radical (unpaired) electrons. The molecule has 17 heavy (non-hydrogen) atoms. The Hall–Kier alpha value is -2.01. The molecule has 0 saturated heterocycles. The van der Waals surface area contributed by atoms with Gasteiger partial charge in [-0.2, -0.15) is 0 Å². The molecule has 3 rings (SSSR count). The summed E-state index contributed by atoms with van der Waals surface area (Å²) in [7, 11) is 1.60. The van der Waals surface area contributed by atoms with Crippen LogP contribution in [0.5, 0.6) is 5.88 Å². The van der Waals surface area contributed by atoms with E-state index in [9.17, 15) is 0 Å². The highest BCUT2D eigenvalue weighted by molar-refractivity contribution is 7.13. The third-order valence-electron chi connectivity index (χ3n) is 2.36. The maximum absolute atomic E-state index is 5.28. The Labute approximate surface area is 102 Å². The van der Waals surface area contributed by atoms with Gasteiger partial charge in [0.25, 0.3) is 0 Å². The maximum atomic E-state index is 5.28. The average molecular weight is 243 g/mol. The van der Waals surface area contributed by atoms with Crippen LogP contribution >= 0.6 is 11.3 Å². The quantitative estimate of drug-likeness (QED) is 0.694. The molecule has 0 amide bonds. The van der Waals surface area contributed by atoms with Crippen LogP contribution in [0.3, 0.4) is 0 Å². The van der Waals surface area contributed by atoms with Crippen LogP contribution in [0.4, 0.5) is 0 Å². The Bertz CT molecular complexity index is 652. The van der Waals surface area contributed by atoms with E-state index >= 15 is 0 Å². The SMILES string of the molecule is COc1nc2cccnc2nc1-c1cccs1. The summed E-state index contributed by atoms with van der Waals surface area (Å²) in [6, 6.07) is 7.67. The van der Waals surface area contributed by atoms with E-state index < -0.39 is 0 Å². The van der Waals surface area contributed by atoms with Gasteiger partial charge in [-0.1, -0.05) is 6.07 Å². The fourth-order valence-electron chi connectivity index (χ4n) is 1.59. The number of methoxy groups -OCH3 is 1. The van der Waals surface area contributed by atoms with Crippen LogP contribution < -0.4 is 4.74 Å². The molecular weight excluding hydrogens is 234 g/mol. The second-order valence-electron chi connectivity index (χ2n) is 3.40. The van der Waals surface area contributed by atoms with Crippen LogP contribution in [0, 0.1) is 0 Å². The van der Waals surface area contributed by atoms with Crippen LogP contribution in [-0.2, 0) is 0 Å². The minimum atomic E-state index is 0.535. The van der Waals surface area contributed by atoms with Crippen LogP contribution in [0.25, 0.3) is 21.7 Å². The molecule has 0 aromatic carbocycles. The summed E-state index contributed by atoms with van der Waals surface area (Å²) in [5.74, 6) is 0.535. The van der Waals surface area contributed by atoms with E-state index in [0.717, 1.165) is 16.1 Å². The lowest BCUT2D eigenvalue weighted by Gasteiger charge is -2.05. The van der Waals surface area contributed by atoms with Crippen LogP contribution in [0.1, 0.15) is 0 Å². The van der Waals surface area contributed by atoms with Gasteiger partial charge in [0.05, 0.1) is 12.0 Å². The molecule has 3 aromatic rings. The number of pyridine rings is 1. The third-order valence-corrected chi connectivity index (χ3v) is 3.23. The minimum Gasteiger partial charge on any atom is -0.479 e. The molecule has 0 aliphatic rings. The maximum Gasteiger partial charge on any atom is 0.241 e. The van der Waals surface area contributed by atoms with Crippen LogP contribution in [-0.4, -0.2) is 22.1 Å². The number of hydrogen-bond donors (Lipinski definition) is 0. The number of aromatic nitrogens is 3. The number of fused-ring (bicyclic) bond motifs is 1. The Balaban J connectivity index is 2.29. The van der Waals surface area contributed by atoms with Crippen molar-refractivity contribution in [3.05, 3.63) is 35.8 Å². The molecule has 0 unspecified atom stereocenters. The fourth-order valence-corrected chi connectivity index (χ4v) is 2.30. The Morgan fingerprint density at radius 3 is 2.88 bits per heavy atom. The van der Waals surface area contributed by atoms with Crippen molar-refractivity contribution < 1.29 is 4.74 Å². The number of ether oxygens (including phenoxy) is 1. The lowest BCUT2D eigenvalue weighted by Crippen LogP contribution is -1.96. The van der Waals surface area contributed by atoms with Gasteiger partial charge in [-0.05, 0) is 23.6 Å². The number of hydrogen-bond acceptors (Lipinski definition) is 5. The van der Waals surface area contributed by atoms with E-state index in [0.29, 0.717) is 11.5 Å². The van der Waals surface area contributed by atoms with E-state index in [1.807, 2.05) is 29.6 Å². The third kappa shape index (κ3) is 1.74. The normalized spacial score (nSPS) is 10.6. The van der Waals surface area contributed by atoms with Crippen LogP contribution in [0.15, 0.2) is 35.8 Å². The molecule has 0 spiro atoms. The van der Waals surface area contributed by atoms with Gasteiger partial charge in [0.2, 0.25) is 5.88 Å². The summed E-state index contributed by atoms with van der Waals surface area (Å²) in [5.41, 5.74) is 2.12. The molecule has 4 nitrogen and oxygen atoms in total. The first-order valence-electron chi connectivity index (χ1n) is 5.09. The zero-order valence-electron chi connectivity index (χ0n) is 9.12. The van der Waals surface area contributed by atoms with Gasteiger partial charge in [0.15, 0.2) is 5.65 Å². The van der Waals surface area contributed by atoms with Crippen molar-refractivity contribution >= 4 is 22.5 Å². The molecule has 3 heterocycles. The van der Waals surface area contributed by atoms with Gasteiger partial charge in [-0.25, -0.2) is 15.0 Å². The van der Waals surface area contributed by atoms with Gasteiger partial charge < -0.3 is 4.74 Å². The van der Waals surface area contributed by atoms with Crippen molar-refractivity contribution in [3.63, 3.8) is 0 Å². The van der Waals surface area contributed by atoms with Crippen molar-refractivity contribution in [3.8, 4) is 16.5 Å². The number of nitrogens with zero attached hydrogens (tertiary/aromatic N) is 3. The van der Waals surface area contributed by atoms with E-state index in [4.69, 9.17) is 4.74 Å². The van der Waals surface area contributed by atoms with Gasteiger partial charge >= 0.3 is 0 Å². The van der Waals surface area contributed by atoms with Gasteiger partial charge in [-0.15, -0.1) is 11.3 Å². The first-order valence-corrected chi connectivity index (χ1v) is 5.97. The van der Waals surface area contributed by atoms with Gasteiger partial charge in [0.1, 0.15) is 11.2 Å². The summed E-state index contributed by atoms with van der Waals surface area (Å²) >= 11 is 1.60. The molecule has 0 saturated carbocycles. The lowest BCUT2D eigenvalue weighted by molar-refractivity contribution is 0.400. The van der Waals surface area contributed by atoms with E-state index in [1.165, 1.54) is 0 Å². The van der Waals surface area contributed by atoms with Crippen molar-refractivity contribution in [2.24, 2.45) is 0 Å². The van der Waals surface area contributed by atoms with Crippen molar-refractivity contribution in [2.45, 2.75) is 0 Å². The summed E-state index contributed by atoms with van der Waals surface area (Å²) in [5, 5.41) is 2.00. The van der Waals surface area contributed by atoms with Crippen LogP contribution in [0.2, 0.25) is 0 Å². The van der Waals surface area contributed by atoms with E-state index in [2.05, 4.69) is 15.0 Å². The largest absolute Gasteiger partial charge is 0.479 e. The first kappa shape index (κ1) is 10.2. The van der Waals surface area contributed by atoms with Gasteiger partial charge in [0, 0.05) is 6.20 Å². The predicted molar refractivity (Wildman–Crippen MR) is 67.2 cm³/mol. The van der Waals surface area contributed by atoms with E-state index in [1.54, 1.807) is 24.6 Å². The highest BCUT2D eigenvalue weighted by atomic mass is 32.1. The number of rotatable bonds is 2. The Morgan fingerprint density at radius 2 is 2.12 bits per heavy atom. The topological polar surface area (TPSA) is 47.9 Å². The van der Waals surface area contributed by atoms with Crippen molar-refractivity contribution in [1.82, 2.24) is 15.0 Å². The zero-order valence-corrected chi connectivity index (χ0v) is 9.94. The standard InChI is InChI=1S/C12H9N3OS/c1-16-12-10(9-5-3-7-17-9)15-11-8(14-12)4-2-6-13-11/h2-7H,1H3. The van der Waals surface area contributed by atoms with Crippen molar-refractivity contribution in [2.75, 3.05) is 7.11 Å². The molecule has 0 aliphatic carbocycles. The molecule has 0 bridgehead atoms. The molecule has 0 fully saturated rings. The number of thiophene rings is 1. The summed E-state index contributed by atoms with van der Waals surface area (Å²) in [4.78, 5) is 14.1. The monoisotopic (exact) mass is 243 g/mol. The Kier molecular flexibility index (Phi) is 2.45. The zero-order chi connectivity index (χ0) is 11.7. The molecule has 84 valence electrons. The molecule has 3 aromatic heterocycles. The molecule has 0 atom stereocenters. The molecule has 5 heteroatoms. The minimum absolute atomic E-state index is 0.535. The van der Waals surface area contributed by atoms with E-state index in [-0.39, 0.29) is 0 Å². The second kappa shape index (κ2) is 4.10. The highest BCUT2D eigenvalue weighted by Gasteiger charge is 2.12. The summed E-state index contributed by atoms with van der Waals surface area (Å²) in [6.07, 6.45) is 1.71. The fraction of sp³-hybridized carbons (Fsp3) is 0.0833. The van der Waals surface area contributed by atoms with Crippen molar-refractivity contribution in [1.29, 1.82) is 0 Å². The summed E-state index contributed by atoms with van der Waals surface area (Å²) in [6.45, 7) is 0. The summed E-state index contributed by atoms with van der Waals surface area (Å²) < 4.78 is 5.28. The average Bonchev–Trinajstić information content (AvgIpc) is 2.91. The molecule has 0 N–H and O–H groups in total. The predicted octanol–water partition coefficient (Wildman–Crippen LogP) is 2.76. The lowest BCUT2D eigenvalue weighted by atomic mass is 10.3. The van der Waals surface area contributed by atoms with Gasteiger partial charge in [-0.3, -0.25) is 0 Å². The smallest absolute Gasteiger partial charge is 0.241 e. The molecule has 0 aliphatic heterocycles. The Morgan fingerprint density at radius 1 is 1.18 bits per heavy atom. The molecular formula is C12H9N3OS. The second-order valence-corrected chi connectivity index (χ2v) is 4.35. The first-order chi connectivity index (χ1) is 8.38.